The predicted octanol–water partition coefficient (Wildman–Crippen LogP) is 4.58. The molecular weight excluding hydrogens is 293 g/mol. The molecule has 1 nitrogen and oxygen atoms in total. The number of thioether (sulfide) groups is 1. The summed E-state index contributed by atoms with van der Waals surface area (Å²) in [5.41, 5.74) is 3.57. The van der Waals surface area contributed by atoms with Crippen molar-refractivity contribution in [3.05, 3.63) is 71.0 Å². The first-order chi connectivity index (χ1) is 10.7. The van der Waals surface area contributed by atoms with Crippen LogP contribution >= 0.6 is 11.8 Å². The highest BCUT2D eigenvalue weighted by molar-refractivity contribution is 8.01. The first kappa shape index (κ1) is 14.3. The Balaban J connectivity index is 1.79. The first-order valence-corrected chi connectivity index (χ1v) is 8.78. The summed E-state index contributed by atoms with van der Waals surface area (Å²) in [5, 5.41) is 0.126. The maximum atomic E-state index is 14.3. The predicted molar refractivity (Wildman–Crippen MR) is 90.7 cm³/mol. The second-order valence-corrected chi connectivity index (χ2v) is 7.89. The molecule has 1 atom stereocenters. The molecule has 1 spiro atoms. The third kappa shape index (κ3) is 2.19. The minimum Gasteiger partial charge on any atom is -0.306 e. The van der Waals surface area contributed by atoms with Crippen LogP contribution in [0.1, 0.15) is 34.8 Å². The van der Waals surface area contributed by atoms with Gasteiger partial charge in [0, 0.05) is 10.3 Å². The summed E-state index contributed by atoms with van der Waals surface area (Å²) in [4.78, 5) is 2.39. The molecule has 4 rings (SSSR count). The Bertz CT molecular complexity index is 691. The van der Waals surface area contributed by atoms with E-state index in [0.717, 1.165) is 31.5 Å². The summed E-state index contributed by atoms with van der Waals surface area (Å²) in [6.07, 6.45) is 2.30. The van der Waals surface area contributed by atoms with Gasteiger partial charge in [-0.25, -0.2) is 4.39 Å². The first-order valence-electron chi connectivity index (χ1n) is 7.90. The number of hydrogen-bond acceptors (Lipinski definition) is 2. The lowest BCUT2D eigenvalue weighted by Gasteiger charge is -2.38. The Labute approximate surface area is 135 Å². The van der Waals surface area contributed by atoms with Crippen LogP contribution in [0.25, 0.3) is 0 Å². The summed E-state index contributed by atoms with van der Waals surface area (Å²) in [6, 6.07) is 15.9. The number of fused-ring (bicyclic) bond motifs is 2. The van der Waals surface area contributed by atoms with Gasteiger partial charge in [-0.3, -0.25) is 0 Å². The Morgan fingerprint density at radius 2 is 1.64 bits per heavy atom. The topological polar surface area (TPSA) is 3.24 Å². The number of hydrogen-bond donors (Lipinski definition) is 0. The molecule has 2 heterocycles. The third-order valence-corrected chi connectivity index (χ3v) is 6.88. The van der Waals surface area contributed by atoms with Gasteiger partial charge in [0.15, 0.2) is 0 Å². The summed E-state index contributed by atoms with van der Waals surface area (Å²) in [7, 11) is 2.19. The van der Waals surface area contributed by atoms with Gasteiger partial charge in [0.2, 0.25) is 0 Å². The van der Waals surface area contributed by atoms with Gasteiger partial charge >= 0.3 is 0 Å². The number of benzene rings is 2. The monoisotopic (exact) mass is 313 g/mol. The molecular formula is C19H20FNS. The van der Waals surface area contributed by atoms with Crippen molar-refractivity contribution < 1.29 is 4.39 Å². The molecule has 0 N–H and O–H groups in total. The second kappa shape index (κ2) is 5.39. The average Bonchev–Trinajstić information content (AvgIpc) is 2.86. The van der Waals surface area contributed by atoms with Crippen molar-refractivity contribution in [3.63, 3.8) is 0 Å². The molecule has 1 unspecified atom stereocenters. The van der Waals surface area contributed by atoms with E-state index >= 15 is 0 Å². The molecule has 3 heteroatoms. The van der Waals surface area contributed by atoms with Crippen molar-refractivity contribution in [3.8, 4) is 0 Å². The van der Waals surface area contributed by atoms with E-state index in [4.69, 9.17) is 0 Å². The zero-order valence-corrected chi connectivity index (χ0v) is 13.6. The molecule has 0 amide bonds. The van der Waals surface area contributed by atoms with E-state index in [0.29, 0.717) is 0 Å². The lowest BCUT2D eigenvalue weighted by atomic mass is 9.84. The maximum Gasteiger partial charge on any atom is 0.127 e. The molecule has 22 heavy (non-hydrogen) atoms. The maximum absolute atomic E-state index is 14.3. The van der Waals surface area contributed by atoms with Crippen molar-refractivity contribution in [1.29, 1.82) is 0 Å². The van der Waals surface area contributed by atoms with Gasteiger partial charge in [-0.2, -0.15) is 0 Å². The zero-order chi connectivity index (χ0) is 15.2. The normalized spacial score (nSPS) is 23.6. The highest BCUT2D eigenvalue weighted by Crippen LogP contribution is 2.61. The molecule has 1 fully saturated rings. The molecule has 0 aliphatic carbocycles. The lowest BCUT2D eigenvalue weighted by Crippen LogP contribution is -2.37. The molecule has 0 bridgehead atoms. The van der Waals surface area contributed by atoms with E-state index < -0.39 is 0 Å². The molecule has 1 saturated heterocycles. The minimum absolute atomic E-state index is 0.0835. The number of halogens is 1. The van der Waals surface area contributed by atoms with E-state index in [9.17, 15) is 4.39 Å². The van der Waals surface area contributed by atoms with E-state index in [1.54, 1.807) is 12.1 Å². The van der Waals surface area contributed by atoms with Gasteiger partial charge < -0.3 is 4.90 Å². The van der Waals surface area contributed by atoms with Crippen LogP contribution in [0, 0.1) is 5.82 Å². The third-order valence-electron chi connectivity index (χ3n) is 5.06. The summed E-state index contributed by atoms with van der Waals surface area (Å²) < 4.78 is 14.5. The van der Waals surface area contributed by atoms with Crippen molar-refractivity contribution in [2.45, 2.75) is 22.8 Å². The molecule has 2 aromatic carbocycles. The quantitative estimate of drug-likeness (QED) is 0.758. The molecule has 2 aliphatic rings. The SMILES string of the molecule is CN1CCC2(CC1)SC(c1ccccc1F)c1ccccc12. The van der Waals surface area contributed by atoms with Gasteiger partial charge in [-0.1, -0.05) is 42.5 Å². The number of likely N-dealkylation sites (tertiary alicyclic amines) is 1. The summed E-state index contributed by atoms with van der Waals surface area (Å²) >= 11 is 1.97. The Kier molecular flexibility index (Phi) is 3.50. The van der Waals surface area contributed by atoms with Crippen LogP contribution in [-0.2, 0) is 4.75 Å². The standard InChI is InChI=1S/C19H20FNS/c1-21-12-10-19(11-13-21)16-8-4-2-6-14(16)18(22-19)15-7-3-5-9-17(15)20/h2-9,18H,10-13H2,1H3. The fourth-order valence-electron chi connectivity index (χ4n) is 3.78. The van der Waals surface area contributed by atoms with Crippen LogP contribution in [0.15, 0.2) is 48.5 Å². The Hall–Kier alpha value is -1.32. The highest BCUT2D eigenvalue weighted by atomic mass is 32.2. The van der Waals surface area contributed by atoms with Crippen LogP contribution < -0.4 is 0 Å². The molecule has 114 valence electrons. The molecule has 0 saturated carbocycles. The van der Waals surface area contributed by atoms with Gasteiger partial charge in [0.05, 0.1) is 5.25 Å². The van der Waals surface area contributed by atoms with Crippen LogP contribution in [-0.4, -0.2) is 25.0 Å². The van der Waals surface area contributed by atoms with Crippen molar-refractivity contribution in [2.24, 2.45) is 0 Å². The fourth-order valence-corrected chi connectivity index (χ4v) is 5.61. The van der Waals surface area contributed by atoms with E-state index in [1.807, 2.05) is 23.9 Å². The van der Waals surface area contributed by atoms with Gasteiger partial charge in [-0.05, 0) is 50.2 Å². The summed E-state index contributed by atoms with van der Waals surface area (Å²) in [5.74, 6) is -0.0835. The zero-order valence-electron chi connectivity index (χ0n) is 12.8. The lowest BCUT2D eigenvalue weighted by molar-refractivity contribution is 0.241. The van der Waals surface area contributed by atoms with Gasteiger partial charge in [0.1, 0.15) is 5.82 Å². The number of piperidine rings is 1. The van der Waals surface area contributed by atoms with Crippen molar-refractivity contribution in [1.82, 2.24) is 4.90 Å². The Morgan fingerprint density at radius 1 is 1.00 bits per heavy atom. The average molecular weight is 313 g/mol. The van der Waals surface area contributed by atoms with Gasteiger partial charge in [0.25, 0.3) is 0 Å². The van der Waals surface area contributed by atoms with Crippen LogP contribution in [0.2, 0.25) is 0 Å². The molecule has 2 aliphatic heterocycles. The fraction of sp³-hybridized carbons (Fsp3) is 0.368. The van der Waals surface area contributed by atoms with Gasteiger partial charge in [-0.15, -0.1) is 11.8 Å². The number of rotatable bonds is 1. The largest absolute Gasteiger partial charge is 0.306 e. The highest BCUT2D eigenvalue weighted by Gasteiger charge is 2.46. The molecule has 0 aromatic heterocycles. The number of nitrogens with zero attached hydrogens (tertiary/aromatic N) is 1. The van der Waals surface area contributed by atoms with E-state index in [1.165, 1.54) is 11.1 Å². The van der Waals surface area contributed by atoms with E-state index in [2.05, 4.69) is 36.2 Å². The minimum atomic E-state index is -0.0835. The molecule has 2 aromatic rings. The second-order valence-electron chi connectivity index (χ2n) is 6.40. The smallest absolute Gasteiger partial charge is 0.127 e. The van der Waals surface area contributed by atoms with Crippen LogP contribution in [0.3, 0.4) is 0 Å². The van der Waals surface area contributed by atoms with E-state index in [-0.39, 0.29) is 15.8 Å². The molecule has 0 radical (unpaired) electrons. The summed E-state index contributed by atoms with van der Waals surface area (Å²) in [6.45, 7) is 2.23. The van der Waals surface area contributed by atoms with Crippen LogP contribution in [0.4, 0.5) is 4.39 Å². The van der Waals surface area contributed by atoms with Crippen molar-refractivity contribution in [2.75, 3.05) is 20.1 Å². The van der Waals surface area contributed by atoms with Crippen molar-refractivity contribution >= 4 is 11.8 Å². The Morgan fingerprint density at radius 3 is 2.36 bits per heavy atom. The van der Waals surface area contributed by atoms with Crippen LogP contribution in [0.5, 0.6) is 0 Å².